The Balaban J connectivity index is 1.55. The molecule has 2 fully saturated rings. The summed E-state index contributed by atoms with van der Waals surface area (Å²) in [6.45, 7) is 5.37. The van der Waals surface area contributed by atoms with Gasteiger partial charge in [-0.15, -0.1) is 0 Å². The highest BCUT2D eigenvalue weighted by molar-refractivity contribution is 7.89. The molecule has 13 heteroatoms. The van der Waals surface area contributed by atoms with E-state index in [1.54, 1.807) is 19.1 Å². The van der Waals surface area contributed by atoms with E-state index in [0.29, 0.717) is 42.2 Å². The number of halogens is 3. The molecule has 1 aliphatic carbocycles. The number of ether oxygens (including phenoxy) is 2. The molecule has 1 aliphatic heterocycles. The number of hydrogen-bond donors (Lipinski definition) is 0. The van der Waals surface area contributed by atoms with Gasteiger partial charge in [-0.2, -0.15) is 17.5 Å². The van der Waals surface area contributed by atoms with Crippen molar-refractivity contribution in [2.45, 2.75) is 69.1 Å². The van der Waals surface area contributed by atoms with Crippen molar-refractivity contribution in [3.63, 3.8) is 0 Å². The average Bonchev–Trinajstić information content (AvgIpc) is 2.93. The van der Waals surface area contributed by atoms with E-state index in [4.69, 9.17) is 9.47 Å². The number of aryl methyl sites for hydroxylation is 2. The first-order valence-electron chi connectivity index (χ1n) is 14.3. The van der Waals surface area contributed by atoms with Crippen LogP contribution in [-0.4, -0.2) is 125 Å². The first-order valence-corrected chi connectivity index (χ1v) is 15.7. The number of amides is 1. The van der Waals surface area contributed by atoms with Crippen LogP contribution in [0.2, 0.25) is 0 Å². The molecule has 9 nitrogen and oxygen atoms in total. The lowest BCUT2D eigenvalue weighted by Gasteiger charge is -2.43. The van der Waals surface area contributed by atoms with Crippen molar-refractivity contribution in [3.05, 3.63) is 23.3 Å². The van der Waals surface area contributed by atoms with E-state index in [-0.39, 0.29) is 18.0 Å². The van der Waals surface area contributed by atoms with Crippen LogP contribution >= 0.6 is 0 Å². The third kappa shape index (κ3) is 9.03. The quantitative estimate of drug-likeness (QED) is 0.338. The van der Waals surface area contributed by atoms with E-state index in [1.807, 2.05) is 6.92 Å². The van der Waals surface area contributed by atoms with Crippen molar-refractivity contribution in [1.29, 1.82) is 0 Å². The van der Waals surface area contributed by atoms with Gasteiger partial charge in [0.1, 0.15) is 18.9 Å². The molecular formula is C28H45F3N4O5S. The second-order valence-corrected chi connectivity index (χ2v) is 13.1. The number of piperazine rings is 1. The van der Waals surface area contributed by atoms with Gasteiger partial charge in [0.2, 0.25) is 15.9 Å². The van der Waals surface area contributed by atoms with Crippen LogP contribution < -0.4 is 4.74 Å². The summed E-state index contributed by atoms with van der Waals surface area (Å²) in [7, 11) is 1.15. The highest BCUT2D eigenvalue weighted by Crippen LogP contribution is 2.30. The molecule has 2 aliphatic rings. The zero-order valence-electron chi connectivity index (χ0n) is 24.9. The highest BCUT2D eigenvalue weighted by Gasteiger charge is 2.39. The number of alkyl halides is 3. The summed E-state index contributed by atoms with van der Waals surface area (Å²) in [5.74, 6) is -0.158. The van der Waals surface area contributed by atoms with Crippen LogP contribution in [-0.2, 0) is 26.0 Å². The van der Waals surface area contributed by atoms with E-state index in [9.17, 15) is 26.4 Å². The molecule has 0 unspecified atom stereocenters. The number of benzene rings is 1. The summed E-state index contributed by atoms with van der Waals surface area (Å²) in [6.07, 6.45) is -1.50. The molecule has 41 heavy (non-hydrogen) atoms. The minimum Gasteiger partial charge on any atom is -0.497 e. The van der Waals surface area contributed by atoms with Gasteiger partial charge in [-0.25, -0.2) is 8.42 Å². The predicted molar refractivity (Wildman–Crippen MR) is 151 cm³/mol. The van der Waals surface area contributed by atoms with Gasteiger partial charge in [-0.1, -0.05) is 6.92 Å². The first-order chi connectivity index (χ1) is 19.3. The van der Waals surface area contributed by atoms with Crippen LogP contribution in [0.25, 0.3) is 0 Å². The summed E-state index contributed by atoms with van der Waals surface area (Å²) < 4.78 is 78.7. The Morgan fingerprint density at radius 3 is 2.29 bits per heavy atom. The van der Waals surface area contributed by atoms with Crippen LogP contribution in [0.15, 0.2) is 17.0 Å². The molecule has 0 radical (unpaired) electrons. The lowest BCUT2D eigenvalue weighted by atomic mass is 9.88. The zero-order chi connectivity index (χ0) is 30.4. The molecule has 0 spiro atoms. The average molecular weight is 607 g/mol. The molecule has 1 saturated heterocycles. The molecule has 1 heterocycles. The zero-order valence-corrected chi connectivity index (χ0v) is 25.7. The number of rotatable bonds is 12. The maximum atomic E-state index is 13.4. The van der Waals surface area contributed by atoms with Gasteiger partial charge in [0.05, 0.1) is 18.6 Å². The molecular weight excluding hydrogens is 561 g/mol. The number of methoxy groups -OCH3 is 1. The third-order valence-corrected chi connectivity index (χ3v) is 10.3. The van der Waals surface area contributed by atoms with Crippen molar-refractivity contribution in [2.75, 3.05) is 73.7 Å². The number of carbonyl (C=O) groups excluding carboxylic acids is 1. The lowest BCUT2D eigenvalue weighted by Crippen LogP contribution is -2.53. The highest BCUT2D eigenvalue weighted by atomic mass is 32.2. The normalized spacial score (nSPS) is 21.3. The molecule has 1 saturated carbocycles. The second-order valence-electron chi connectivity index (χ2n) is 11.1. The summed E-state index contributed by atoms with van der Waals surface area (Å²) in [5, 5.41) is 0. The van der Waals surface area contributed by atoms with Crippen molar-refractivity contribution in [1.82, 2.24) is 19.0 Å². The summed E-state index contributed by atoms with van der Waals surface area (Å²) in [6, 6.07) is 3.18. The topological polar surface area (TPSA) is 82.6 Å². The van der Waals surface area contributed by atoms with Crippen molar-refractivity contribution in [2.24, 2.45) is 0 Å². The molecule has 1 aromatic carbocycles. The Morgan fingerprint density at radius 1 is 1.10 bits per heavy atom. The fourth-order valence-corrected chi connectivity index (χ4v) is 7.44. The van der Waals surface area contributed by atoms with Gasteiger partial charge in [0, 0.05) is 51.9 Å². The van der Waals surface area contributed by atoms with Crippen LogP contribution in [0.1, 0.15) is 43.7 Å². The number of hydrogen-bond acceptors (Lipinski definition) is 7. The van der Waals surface area contributed by atoms with Crippen molar-refractivity contribution < 1.29 is 35.9 Å². The van der Waals surface area contributed by atoms with Crippen LogP contribution in [0.5, 0.6) is 5.75 Å². The fraction of sp³-hybridized carbons (Fsp3) is 0.750. The number of nitrogens with zero attached hydrogens (tertiary/aromatic N) is 4. The minimum absolute atomic E-state index is 0.0559. The molecule has 0 bridgehead atoms. The maximum Gasteiger partial charge on any atom is 0.406 e. The fourth-order valence-electron chi connectivity index (χ4n) is 5.81. The van der Waals surface area contributed by atoms with Gasteiger partial charge < -0.3 is 19.3 Å². The van der Waals surface area contributed by atoms with Gasteiger partial charge in [-0.05, 0) is 69.3 Å². The number of sulfonamides is 1. The minimum atomic E-state index is -4.52. The van der Waals surface area contributed by atoms with Crippen molar-refractivity contribution >= 4 is 15.9 Å². The molecule has 1 amide bonds. The van der Waals surface area contributed by atoms with Gasteiger partial charge in [0.15, 0.2) is 0 Å². The monoisotopic (exact) mass is 606 g/mol. The molecule has 0 atom stereocenters. The first kappa shape index (κ1) is 33.6. The van der Waals surface area contributed by atoms with E-state index in [0.717, 1.165) is 48.2 Å². The van der Waals surface area contributed by atoms with Crippen molar-refractivity contribution in [3.8, 4) is 5.75 Å². The van der Waals surface area contributed by atoms with Crippen LogP contribution in [0.4, 0.5) is 13.2 Å². The van der Waals surface area contributed by atoms with Crippen LogP contribution in [0, 0.1) is 6.92 Å². The van der Waals surface area contributed by atoms with Gasteiger partial charge in [0.25, 0.3) is 0 Å². The molecule has 1 aromatic rings. The van der Waals surface area contributed by atoms with E-state index >= 15 is 0 Å². The van der Waals surface area contributed by atoms with E-state index < -0.39 is 41.3 Å². The smallest absolute Gasteiger partial charge is 0.406 e. The Labute approximate surface area is 242 Å². The molecule has 0 N–H and O–H groups in total. The largest absolute Gasteiger partial charge is 0.497 e. The lowest BCUT2D eigenvalue weighted by molar-refractivity contribution is -0.170. The Hall–Kier alpha value is -1.93. The van der Waals surface area contributed by atoms with E-state index in [2.05, 4.69) is 16.8 Å². The standard InChI is InChI=1S/C28H45F3N4O5S/c1-6-22-18-25(39-5)17-21(2)27(22)41(37,38)33(4)15-16-40-19-26(36)35(20-28(29,30)31)24-9-7-23(8-10-24)34-13-11-32(3)12-14-34/h17-18,23-24H,6-16,19-20H2,1-5H3. The Kier molecular flexibility index (Phi) is 11.9. The summed E-state index contributed by atoms with van der Waals surface area (Å²) in [4.78, 5) is 18.7. The predicted octanol–water partition coefficient (Wildman–Crippen LogP) is 3.15. The number of carbonyl (C=O) groups is 1. The molecule has 234 valence electrons. The van der Waals surface area contributed by atoms with Gasteiger partial charge in [-0.3, -0.25) is 9.69 Å². The van der Waals surface area contributed by atoms with E-state index in [1.165, 1.54) is 14.2 Å². The second kappa shape index (κ2) is 14.5. The molecule has 0 aromatic heterocycles. The van der Waals surface area contributed by atoms with Gasteiger partial charge >= 0.3 is 6.18 Å². The Bertz CT molecular complexity index is 1120. The SMILES string of the molecule is CCc1cc(OC)cc(C)c1S(=O)(=O)N(C)CCOCC(=O)N(CC(F)(F)F)C1CCC(N2CCN(C)CC2)CC1. The third-order valence-electron chi connectivity index (χ3n) is 8.22. The number of likely N-dealkylation sites (N-methyl/N-ethyl adjacent to an activating group) is 2. The van der Waals surface area contributed by atoms with Crippen LogP contribution in [0.3, 0.4) is 0 Å². The Morgan fingerprint density at radius 2 is 1.73 bits per heavy atom. The maximum absolute atomic E-state index is 13.4. The summed E-state index contributed by atoms with van der Waals surface area (Å²) >= 11 is 0. The molecule has 3 rings (SSSR count). The summed E-state index contributed by atoms with van der Waals surface area (Å²) in [5.41, 5.74) is 1.17.